The summed E-state index contributed by atoms with van der Waals surface area (Å²) in [5.41, 5.74) is 2.20. The molecule has 1 aromatic heterocycles. The number of rotatable bonds is 5. The molecule has 2 rings (SSSR count). The summed E-state index contributed by atoms with van der Waals surface area (Å²) < 4.78 is 0. The average molecular weight is 346 g/mol. The number of carbonyl (C=O) groups excluding carboxylic acids is 2. The molecule has 0 unspecified atom stereocenters. The van der Waals surface area contributed by atoms with Gasteiger partial charge in [-0.05, 0) is 42.7 Å². The van der Waals surface area contributed by atoms with Gasteiger partial charge in [0.2, 0.25) is 0 Å². The number of benzene rings is 1. The summed E-state index contributed by atoms with van der Waals surface area (Å²) in [6.07, 6.45) is 2.87. The first-order valence-electron chi connectivity index (χ1n) is 7.67. The van der Waals surface area contributed by atoms with E-state index in [9.17, 15) is 9.59 Å². The first kappa shape index (κ1) is 17.9. The molecule has 0 spiro atoms. The summed E-state index contributed by atoms with van der Waals surface area (Å²) in [6, 6.07) is 6.74. The maximum atomic E-state index is 12.4. The molecular formula is C18H20ClN3O2. The minimum atomic E-state index is -0.327. The van der Waals surface area contributed by atoms with Crippen LogP contribution in [0.1, 0.15) is 40.1 Å². The van der Waals surface area contributed by atoms with Crippen molar-refractivity contribution in [1.82, 2.24) is 10.3 Å². The van der Waals surface area contributed by atoms with Crippen molar-refractivity contribution in [2.24, 2.45) is 5.92 Å². The Morgan fingerprint density at radius 3 is 2.42 bits per heavy atom. The summed E-state index contributed by atoms with van der Waals surface area (Å²) in [7, 11) is 0. The molecule has 24 heavy (non-hydrogen) atoms. The molecule has 6 heteroatoms. The van der Waals surface area contributed by atoms with Crippen LogP contribution in [0.4, 0.5) is 5.69 Å². The van der Waals surface area contributed by atoms with Gasteiger partial charge in [-0.1, -0.05) is 25.4 Å². The molecule has 0 atom stereocenters. The number of hydrogen-bond acceptors (Lipinski definition) is 3. The lowest BCUT2D eigenvalue weighted by Gasteiger charge is -2.10. The molecule has 1 heterocycles. The van der Waals surface area contributed by atoms with Gasteiger partial charge < -0.3 is 10.6 Å². The average Bonchev–Trinajstić information content (AvgIpc) is 2.55. The van der Waals surface area contributed by atoms with Gasteiger partial charge in [-0.2, -0.15) is 0 Å². The smallest absolute Gasteiger partial charge is 0.257 e. The van der Waals surface area contributed by atoms with Crippen LogP contribution >= 0.6 is 11.6 Å². The first-order valence-corrected chi connectivity index (χ1v) is 8.05. The van der Waals surface area contributed by atoms with Gasteiger partial charge in [-0.3, -0.25) is 14.6 Å². The van der Waals surface area contributed by atoms with Crippen LogP contribution in [0.3, 0.4) is 0 Å². The van der Waals surface area contributed by atoms with Gasteiger partial charge in [0.25, 0.3) is 11.8 Å². The number of aromatic nitrogens is 1. The lowest BCUT2D eigenvalue weighted by atomic mass is 10.1. The van der Waals surface area contributed by atoms with Crippen molar-refractivity contribution < 1.29 is 9.59 Å². The summed E-state index contributed by atoms with van der Waals surface area (Å²) >= 11 is 5.91. The standard InChI is InChI=1S/C18H20ClN3O2/c1-11(2)8-21-17(23)13-7-14(10-20-9-13)18(24)22-16-5-4-15(19)6-12(16)3/h4-7,9-11H,8H2,1-3H3,(H,21,23)(H,22,24). The van der Waals surface area contributed by atoms with Crippen molar-refractivity contribution in [2.75, 3.05) is 11.9 Å². The zero-order valence-corrected chi connectivity index (χ0v) is 14.6. The highest BCUT2D eigenvalue weighted by molar-refractivity contribution is 6.30. The van der Waals surface area contributed by atoms with Crippen LogP contribution in [-0.2, 0) is 0 Å². The molecule has 2 aromatic rings. The second-order valence-corrected chi connectivity index (χ2v) is 6.42. The molecule has 126 valence electrons. The summed E-state index contributed by atoms with van der Waals surface area (Å²) in [5, 5.41) is 6.21. The van der Waals surface area contributed by atoms with Gasteiger partial charge in [0.05, 0.1) is 11.1 Å². The molecule has 0 aliphatic carbocycles. The number of amides is 2. The zero-order valence-electron chi connectivity index (χ0n) is 13.9. The number of carbonyl (C=O) groups is 2. The van der Waals surface area contributed by atoms with Crippen molar-refractivity contribution in [1.29, 1.82) is 0 Å². The fourth-order valence-corrected chi connectivity index (χ4v) is 2.28. The molecule has 0 fully saturated rings. The van der Waals surface area contributed by atoms with E-state index in [1.165, 1.54) is 18.5 Å². The van der Waals surface area contributed by atoms with Gasteiger partial charge >= 0.3 is 0 Å². The van der Waals surface area contributed by atoms with Gasteiger partial charge in [0.15, 0.2) is 0 Å². The van der Waals surface area contributed by atoms with E-state index in [0.717, 1.165) is 5.56 Å². The third kappa shape index (κ3) is 4.80. The number of hydrogen-bond donors (Lipinski definition) is 2. The molecule has 2 N–H and O–H groups in total. The lowest BCUT2D eigenvalue weighted by Crippen LogP contribution is -2.27. The van der Waals surface area contributed by atoms with Crippen molar-refractivity contribution in [3.05, 3.63) is 58.4 Å². The van der Waals surface area contributed by atoms with Gasteiger partial charge in [0, 0.05) is 29.6 Å². The summed E-state index contributed by atoms with van der Waals surface area (Å²) in [6.45, 7) is 6.45. The highest BCUT2D eigenvalue weighted by Crippen LogP contribution is 2.20. The van der Waals surface area contributed by atoms with Crippen molar-refractivity contribution in [2.45, 2.75) is 20.8 Å². The SMILES string of the molecule is Cc1cc(Cl)ccc1NC(=O)c1cncc(C(=O)NCC(C)C)c1. The molecule has 0 aliphatic rings. The Hall–Kier alpha value is -2.40. The van der Waals surface area contributed by atoms with E-state index in [2.05, 4.69) is 15.6 Å². The van der Waals surface area contributed by atoms with E-state index in [1.54, 1.807) is 18.2 Å². The molecule has 0 saturated carbocycles. The van der Waals surface area contributed by atoms with Crippen LogP contribution in [0.5, 0.6) is 0 Å². The topological polar surface area (TPSA) is 71.1 Å². The molecule has 1 aromatic carbocycles. The molecule has 5 nitrogen and oxygen atoms in total. The zero-order chi connectivity index (χ0) is 17.7. The minimum absolute atomic E-state index is 0.242. The molecule has 0 saturated heterocycles. The lowest BCUT2D eigenvalue weighted by molar-refractivity contribution is 0.0948. The Morgan fingerprint density at radius 1 is 1.12 bits per heavy atom. The third-order valence-corrected chi connectivity index (χ3v) is 3.61. The largest absolute Gasteiger partial charge is 0.352 e. The maximum absolute atomic E-state index is 12.4. The summed E-state index contributed by atoms with van der Waals surface area (Å²) in [4.78, 5) is 28.4. The van der Waals surface area contributed by atoms with Crippen LogP contribution in [0.15, 0.2) is 36.7 Å². The second kappa shape index (κ2) is 7.93. The first-order chi connectivity index (χ1) is 11.4. The molecule has 0 radical (unpaired) electrons. The van der Waals surface area contributed by atoms with E-state index >= 15 is 0 Å². The Labute approximate surface area is 146 Å². The van der Waals surface area contributed by atoms with Crippen molar-refractivity contribution in [3.8, 4) is 0 Å². The monoisotopic (exact) mass is 345 g/mol. The number of halogens is 1. The number of aryl methyl sites for hydroxylation is 1. The molecular weight excluding hydrogens is 326 g/mol. The quantitative estimate of drug-likeness (QED) is 0.868. The van der Waals surface area contributed by atoms with E-state index in [0.29, 0.717) is 34.3 Å². The highest BCUT2D eigenvalue weighted by Gasteiger charge is 2.12. The number of pyridine rings is 1. The van der Waals surface area contributed by atoms with Crippen LogP contribution in [-0.4, -0.2) is 23.3 Å². The normalized spacial score (nSPS) is 10.5. The third-order valence-electron chi connectivity index (χ3n) is 3.37. The highest BCUT2D eigenvalue weighted by atomic mass is 35.5. The predicted octanol–water partition coefficient (Wildman–Crippen LogP) is 3.68. The Balaban J connectivity index is 2.12. The fraction of sp³-hybridized carbons (Fsp3) is 0.278. The Kier molecular flexibility index (Phi) is 5.93. The van der Waals surface area contributed by atoms with E-state index in [-0.39, 0.29) is 11.8 Å². The second-order valence-electron chi connectivity index (χ2n) is 5.98. The molecule has 0 bridgehead atoms. The maximum Gasteiger partial charge on any atom is 0.257 e. The fourth-order valence-electron chi connectivity index (χ4n) is 2.05. The van der Waals surface area contributed by atoms with Crippen molar-refractivity contribution in [3.63, 3.8) is 0 Å². The van der Waals surface area contributed by atoms with Crippen molar-refractivity contribution >= 4 is 29.1 Å². The number of anilines is 1. The van der Waals surface area contributed by atoms with Gasteiger partial charge in [-0.25, -0.2) is 0 Å². The Bertz CT molecular complexity index is 760. The summed E-state index contributed by atoms with van der Waals surface area (Å²) in [5.74, 6) is -0.221. The van der Waals surface area contributed by atoms with E-state index in [4.69, 9.17) is 11.6 Å². The van der Waals surface area contributed by atoms with Crippen LogP contribution in [0.25, 0.3) is 0 Å². The van der Waals surface area contributed by atoms with E-state index < -0.39 is 0 Å². The Morgan fingerprint density at radius 2 is 1.79 bits per heavy atom. The van der Waals surface area contributed by atoms with Crippen LogP contribution in [0.2, 0.25) is 5.02 Å². The predicted molar refractivity (Wildman–Crippen MR) is 95.6 cm³/mol. The minimum Gasteiger partial charge on any atom is -0.352 e. The molecule has 0 aliphatic heterocycles. The van der Waals surface area contributed by atoms with Gasteiger partial charge in [0.1, 0.15) is 0 Å². The van der Waals surface area contributed by atoms with E-state index in [1.807, 2.05) is 20.8 Å². The van der Waals surface area contributed by atoms with Crippen LogP contribution < -0.4 is 10.6 Å². The van der Waals surface area contributed by atoms with Crippen LogP contribution in [0, 0.1) is 12.8 Å². The number of nitrogens with one attached hydrogen (secondary N) is 2. The molecule has 2 amide bonds. The van der Waals surface area contributed by atoms with Gasteiger partial charge in [-0.15, -0.1) is 0 Å². The number of nitrogens with zero attached hydrogens (tertiary/aromatic N) is 1.